The van der Waals surface area contributed by atoms with Gasteiger partial charge in [0.1, 0.15) is 19.3 Å². The quantitative estimate of drug-likeness (QED) is 0.0169. The monoisotopic (exact) mass is 1420 g/mol. The molecule has 97 heavy (non-hydrogen) atoms. The molecule has 0 aliphatic heterocycles. The maximum atomic E-state index is 13.1. The molecular formula is C78H148O17P2. The third-order valence-electron chi connectivity index (χ3n) is 17.5. The Hall–Kier alpha value is -2.46. The normalized spacial score (nSPS) is 14.2. The van der Waals surface area contributed by atoms with Gasteiger partial charge < -0.3 is 33.8 Å². The molecule has 0 radical (unpaired) electrons. The van der Waals surface area contributed by atoms with Gasteiger partial charge in [0.25, 0.3) is 0 Å². The molecule has 0 amide bonds. The highest BCUT2D eigenvalue weighted by molar-refractivity contribution is 7.47. The molecule has 572 valence electrons. The first kappa shape index (κ1) is 94.5. The Bertz CT molecular complexity index is 1980. The average Bonchev–Trinajstić information content (AvgIpc) is 1.35. The zero-order valence-corrected chi connectivity index (χ0v) is 64.8. The minimum atomic E-state index is -4.97. The van der Waals surface area contributed by atoms with Gasteiger partial charge in [-0.3, -0.25) is 37.3 Å². The van der Waals surface area contributed by atoms with Gasteiger partial charge in [0.15, 0.2) is 12.2 Å². The van der Waals surface area contributed by atoms with E-state index in [1.165, 1.54) is 167 Å². The number of allylic oxidation sites excluding steroid dienone is 4. The fraction of sp³-hybridized carbons (Fsp3) is 0.897. The van der Waals surface area contributed by atoms with E-state index in [-0.39, 0.29) is 25.7 Å². The third kappa shape index (κ3) is 71.7. The lowest BCUT2D eigenvalue weighted by molar-refractivity contribution is -0.161. The smallest absolute Gasteiger partial charge is 0.462 e. The van der Waals surface area contributed by atoms with Gasteiger partial charge in [-0.1, -0.05) is 323 Å². The largest absolute Gasteiger partial charge is 0.472 e. The molecule has 0 spiro atoms. The van der Waals surface area contributed by atoms with E-state index in [0.29, 0.717) is 31.6 Å². The van der Waals surface area contributed by atoms with Crippen LogP contribution in [-0.2, 0) is 65.4 Å². The molecule has 0 heterocycles. The summed E-state index contributed by atoms with van der Waals surface area (Å²) < 4.78 is 68.5. The van der Waals surface area contributed by atoms with Crippen LogP contribution in [0.4, 0.5) is 0 Å². The number of carbonyl (C=O) groups is 4. The van der Waals surface area contributed by atoms with Crippen LogP contribution < -0.4 is 0 Å². The second kappa shape index (κ2) is 68.0. The molecule has 17 nitrogen and oxygen atoms in total. The van der Waals surface area contributed by atoms with E-state index in [9.17, 15) is 43.2 Å². The summed E-state index contributed by atoms with van der Waals surface area (Å²) >= 11 is 0. The molecule has 3 N–H and O–H groups in total. The van der Waals surface area contributed by atoms with E-state index in [4.69, 9.17) is 37.0 Å². The van der Waals surface area contributed by atoms with Gasteiger partial charge in [0.2, 0.25) is 0 Å². The Morgan fingerprint density at radius 3 is 0.835 bits per heavy atom. The molecule has 19 heteroatoms. The molecule has 0 saturated carbocycles. The maximum Gasteiger partial charge on any atom is 0.472 e. The van der Waals surface area contributed by atoms with Gasteiger partial charge in [0.05, 0.1) is 26.4 Å². The number of hydrogen-bond acceptors (Lipinski definition) is 15. The third-order valence-corrected chi connectivity index (χ3v) is 19.4. The fourth-order valence-corrected chi connectivity index (χ4v) is 13.0. The second-order valence-electron chi connectivity index (χ2n) is 28.8. The zero-order valence-electron chi connectivity index (χ0n) is 63.0. The summed E-state index contributed by atoms with van der Waals surface area (Å²) in [6, 6.07) is 0. The predicted octanol–water partition coefficient (Wildman–Crippen LogP) is 22.5. The highest BCUT2D eigenvalue weighted by Crippen LogP contribution is 2.45. The van der Waals surface area contributed by atoms with Crippen molar-refractivity contribution in [3.8, 4) is 0 Å². The Morgan fingerprint density at radius 2 is 0.557 bits per heavy atom. The van der Waals surface area contributed by atoms with E-state index in [2.05, 4.69) is 72.8 Å². The maximum absolute atomic E-state index is 13.1. The van der Waals surface area contributed by atoms with E-state index in [1.54, 1.807) is 0 Å². The Morgan fingerprint density at radius 1 is 0.320 bits per heavy atom. The molecule has 5 atom stereocenters. The van der Waals surface area contributed by atoms with Gasteiger partial charge in [-0.15, -0.1) is 0 Å². The van der Waals surface area contributed by atoms with Crippen molar-refractivity contribution in [1.29, 1.82) is 0 Å². The number of carbonyl (C=O) groups excluding carboxylic acids is 4. The Labute approximate surface area is 592 Å². The fourth-order valence-electron chi connectivity index (χ4n) is 11.4. The van der Waals surface area contributed by atoms with Gasteiger partial charge >= 0.3 is 39.5 Å². The molecule has 0 rings (SSSR count). The zero-order chi connectivity index (χ0) is 71.6. The minimum Gasteiger partial charge on any atom is -0.462 e. The van der Waals surface area contributed by atoms with Crippen LogP contribution in [-0.4, -0.2) is 96.7 Å². The van der Waals surface area contributed by atoms with Crippen LogP contribution in [0, 0.1) is 17.8 Å². The number of rotatable bonds is 74. The van der Waals surface area contributed by atoms with Crippen molar-refractivity contribution in [1.82, 2.24) is 0 Å². The first-order valence-corrected chi connectivity index (χ1v) is 42.7. The van der Waals surface area contributed by atoms with Crippen LogP contribution >= 0.6 is 15.6 Å². The van der Waals surface area contributed by atoms with Crippen molar-refractivity contribution >= 4 is 39.5 Å². The van der Waals surface area contributed by atoms with Crippen molar-refractivity contribution in [3.63, 3.8) is 0 Å². The summed E-state index contributed by atoms with van der Waals surface area (Å²) in [4.78, 5) is 72.8. The van der Waals surface area contributed by atoms with Crippen LogP contribution in [0.2, 0.25) is 0 Å². The van der Waals surface area contributed by atoms with E-state index >= 15 is 0 Å². The lowest BCUT2D eigenvalue weighted by Gasteiger charge is -2.21. The van der Waals surface area contributed by atoms with Crippen LogP contribution in [0.25, 0.3) is 0 Å². The first-order chi connectivity index (χ1) is 46.7. The van der Waals surface area contributed by atoms with Gasteiger partial charge in [-0.05, 0) is 69.1 Å². The average molecular weight is 1420 g/mol. The number of phosphoric ester groups is 2. The van der Waals surface area contributed by atoms with Crippen LogP contribution in [0.1, 0.15) is 376 Å². The lowest BCUT2D eigenvalue weighted by atomic mass is 10.0. The highest BCUT2D eigenvalue weighted by Gasteiger charge is 2.30. The molecule has 0 aliphatic carbocycles. The number of aliphatic hydroxyl groups excluding tert-OH is 1. The molecule has 0 aromatic carbocycles. The minimum absolute atomic E-state index is 0.0851. The number of ether oxygens (including phenoxy) is 4. The number of esters is 4. The lowest BCUT2D eigenvalue weighted by Crippen LogP contribution is -2.30. The van der Waals surface area contributed by atoms with E-state index in [0.717, 1.165) is 121 Å². The molecule has 0 fully saturated rings. The number of hydrogen-bond donors (Lipinski definition) is 3. The van der Waals surface area contributed by atoms with Crippen molar-refractivity contribution in [2.24, 2.45) is 17.8 Å². The number of aliphatic hydroxyl groups is 1. The summed E-state index contributed by atoms with van der Waals surface area (Å²) in [7, 11) is -9.93. The number of unbranched alkanes of at least 4 members (excludes halogenated alkanes) is 39. The molecule has 2 unspecified atom stereocenters. The van der Waals surface area contributed by atoms with Crippen LogP contribution in [0.5, 0.6) is 0 Å². The van der Waals surface area contributed by atoms with Gasteiger partial charge in [-0.25, -0.2) is 9.13 Å². The molecular weight excluding hydrogens is 1270 g/mol. The highest BCUT2D eigenvalue weighted by atomic mass is 31.2. The van der Waals surface area contributed by atoms with E-state index in [1.807, 2.05) is 0 Å². The van der Waals surface area contributed by atoms with Crippen LogP contribution in [0.3, 0.4) is 0 Å². The summed E-state index contributed by atoms with van der Waals surface area (Å²) in [6.45, 7) is 11.8. The topological polar surface area (TPSA) is 237 Å². The predicted molar refractivity (Wildman–Crippen MR) is 395 cm³/mol. The second-order valence-corrected chi connectivity index (χ2v) is 31.7. The summed E-state index contributed by atoms with van der Waals surface area (Å²) in [5.41, 5.74) is 0. The van der Waals surface area contributed by atoms with E-state index < -0.39 is 97.5 Å². The first-order valence-electron chi connectivity index (χ1n) is 39.7. The van der Waals surface area contributed by atoms with Crippen molar-refractivity contribution in [2.75, 3.05) is 39.6 Å². The Balaban J connectivity index is 5.22. The standard InChI is InChI=1S/C78H148O17P2/c1-8-9-10-11-12-13-14-15-20-25-28-33-38-47-54-61-77(82)94-73(65-88-75(80)59-52-45-37-32-27-24-22-19-17-16-18-21-23-26-30-35-42-49-56-69(2)3)67-92-96(84,85)90-63-72(79)64-91-97(86,87)93-68-74(66-89-76(81)60-53-46-41-40-44-51-58-71(6)7)95-78(83)62-55-48-39-34-29-31-36-43-50-57-70(4)5/h13-15,20,69-74,79H,8-12,16-19,21-68H2,1-7H3,(H,84,85)(H,86,87)/b14-13-,20-15-/t72-,73-,74-/m1/s1. The molecule has 0 aromatic rings. The molecule has 0 aromatic heterocycles. The number of phosphoric acid groups is 2. The van der Waals surface area contributed by atoms with Crippen molar-refractivity contribution in [3.05, 3.63) is 24.3 Å². The Kier molecular flexibility index (Phi) is 66.3. The van der Waals surface area contributed by atoms with Crippen molar-refractivity contribution in [2.45, 2.75) is 394 Å². The molecule has 0 aliphatic rings. The van der Waals surface area contributed by atoms with Gasteiger partial charge in [-0.2, -0.15) is 0 Å². The van der Waals surface area contributed by atoms with Gasteiger partial charge in [0, 0.05) is 25.7 Å². The molecule has 0 saturated heterocycles. The van der Waals surface area contributed by atoms with Crippen LogP contribution in [0.15, 0.2) is 24.3 Å². The summed E-state index contributed by atoms with van der Waals surface area (Å²) in [5.74, 6) is 0.0842. The summed E-state index contributed by atoms with van der Waals surface area (Å²) in [6.07, 6.45) is 58.0. The molecule has 0 bridgehead atoms. The summed E-state index contributed by atoms with van der Waals surface area (Å²) in [5, 5.41) is 10.6. The van der Waals surface area contributed by atoms with Crippen molar-refractivity contribution < 1.29 is 80.2 Å². The SMILES string of the molecule is CCCCCC/C=C\C=C/CCCCCCCC(=O)O[C@H](COC(=O)CCCCCCCCCCCCCCCCCCCCC(C)C)COP(=O)(O)OC[C@@H](O)COP(=O)(O)OC[C@@H](COC(=O)CCCCCCCCC(C)C)OC(=O)CCCCCCCCCCCC(C)C.